The van der Waals surface area contributed by atoms with Crippen molar-refractivity contribution in [2.45, 2.75) is 91.9 Å². The monoisotopic (exact) mass is 1130 g/mol. The molecule has 0 spiro atoms. The van der Waals surface area contributed by atoms with Crippen LogP contribution in [0.3, 0.4) is 0 Å². The fraction of sp³-hybridized carbons (Fsp3) is 0.439. The Balaban J connectivity index is 0.000000302. The number of non-ortho nitro benzene ring substituents is 1. The normalized spacial score (nSPS) is 13.9. The molecule has 2 saturated heterocycles. The standard InChI is InChI=1S/C25H34FN3O2.C18H20N2O5.C14H20FN.V.Y/c1-19(2)18-31-24-10-6-20(7-11-24)16-27-25(30)29(23-12-14-28(3)15-13-23)17-21-4-8-22(26)9-5-21;1-13(2)12-24-16-7-3-14(4-8-16)11-19-18(21)25-17-9-5-15(6-10-17)20(22)23;1-16-10-8-13(9-11-16)3-2-12-4-6-14(15)7-5-12;;/h4-11,19,23H,12-18H2,1-3H3,(H,27,30);3-10,13H,11-12H2,1-2H3,(H,19,21);4-7,13H,2-3,8-11H2,1H3;;. The molecule has 5 aromatic rings. The second kappa shape index (κ2) is 33.9. The van der Waals surface area contributed by atoms with Gasteiger partial charge in [0.05, 0.1) is 18.1 Å². The summed E-state index contributed by atoms with van der Waals surface area (Å²) in [6.07, 6.45) is 6.22. The number of rotatable bonds is 18. The fourth-order valence-electron chi connectivity index (χ4n) is 8.00. The molecule has 0 aliphatic carbocycles. The number of carbonyl (C=O) groups is 2. The molecule has 74 heavy (non-hydrogen) atoms. The number of hydrogen-bond donors (Lipinski definition) is 2. The number of aryl methyl sites for hydroxylation is 1. The molecular weight excluding hydrogens is 1060 g/mol. The summed E-state index contributed by atoms with van der Waals surface area (Å²) < 4.78 is 42.4. The van der Waals surface area contributed by atoms with Gasteiger partial charge in [0.15, 0.2) is 0 Å². The van der Waals surface area contributed by atoms with E-state index in [2.05, 4.69) is 62.2 Å². The zero-order valence-electron chi connectivity index (χ0n) is 43.9. The molecule has 0 unspecified atom stereocenters. The van der Waals surface area contributed by atoms with Crippen molar-refractivity contribution in [3.05, 3.63) is 165 Å². The molecular formula is C57H74F2N6O7VY. The number of halogens is 2. The van der Waals surface area contributed by atoms with Crippen LogP contribution in [-0.2, 0) is 77.3 Å². The van der Waals surface area contributed by atoms with Gasteiger partial charge in [-0.1, -0.05) is 76.2 Å². The number of ether oxygens (including phenoxy) is 3. The number of nitrogens with one attached hydrogen (secondary N) is 2. The van der Waals surface area contributed by atoms with Crippen LogP contribution in [0.5, 0.6) is 17.2 Å². The third-order valence-corrected chi connectivity index (χ3v) is 12.4. The Morgan fingerprint density at radius 2 is 1.05 bits per heavy atom. The van der Waals surface area contributed by atoms with Gasteiger partial charge in [-0.25, -0.2) is 18.4 Å². The van der Waals surface area contributed by atoms with E-state index in [0.717, 1.165) is 66.5 Å². The Bertz CT molecular complexity index is 2370. The van der Waals surface area contributed by atoms with Crippen molar-refractivity contribution in [1.82, 2.24) is 25.3 Å². The number of amides is 3. The Kier molecular flexibility index (Phi) is 29.1. The first-order valence-electron chi connectivity index (χ1n) is 25.1. The molecule has 17 heteroatoms. The number of piperidine rings is 2. The van der Waals surface area contributed by atoms with Gasteiger partial charge in [0.2, 0.25) is 0 Å². The van der Waals surface area contributed by atoms with Crippen LogP contribution < -0.4 is 24.8 Å². The maximum absolute atomic E-state index is 13.3. The average Bonchev–Trinajstić information content (AvgIpc) is 3.37. The van der Waals surface area contributed by atoms with E-state index in [4.69, 9.17) is 14.2 Å². The molecule has 2 heterocycles. The fourth-order valence-corrected chi connectivity index (χ4v) is 8.00. The first kappa shape index (κ1) is 63.4. The molecule has 2 fully saturated rings. The first-order chi connectivity index (χ1) is 34.6. The number of nitro groups is 1. The maximum Gasteiger partial charge on any atom is 0.412 e. The number of likely N-dealkylation sites (tertiary alicyclic amines) is 2. The van der Waals surface area contributed by atoms with Crippen molar-refractivity contribution >= 4 is 17.8 Å². The summed E-state index contributed by atoms with van der Waals surface area (Å²) >= 11 is 0. The zero-order chi connectivity index (χ0) is 51.8. The summed E-state index contributed by atoms with van der Waals surface area (Å²) in [4.78, 5) is 41.5. The van der Waals surface area contributed by atoms with E-state index in [9.17, 15) is 28.5 Å². The van der Waals surface area contributed by atoms with Crippen LogP contribution in [-0.4, -0.2) is 91.3 Å². The maximum atomic E-state index is 13.3. The second-order valence-electron chi connectivity index (χ2n) is 19.6. The van der Waals surface area contributed by atoms with E-state index in [1.165, 1.54) is 74.3 Å². The second-order valence-corrected chi connectivity index (χ2v) is 19.6. The molecule has 0 saturated carbocycles. The Hall–Kier alpha value is -4.89. The van der Waals surface area contributed by atoms with Crippen molar-refractivity contribution in [1.29, 1.82) is 0 Å². The number of urea groups is 1. The Labute approximate surface area is 474 Å². The predicted molar refractivity (Wildman–Crippen MR) is 279 cm³/mol. The van der Waals surface area contributed by atoms with Crippen LogP contribution in [0.25, 0.3) is 0 Å². The predicted octanol–water partition coefficient (Wildman–Crippen LogP) is 11.7. The molecule has 5 aromatic carbocycles. The Morgan fingerprint density at radius 3 is 1.51 bits per heavy atom. The number of carbonyl (C=O) groups excluding carboxylic acids is 2. The van der Waals surface area contributed by atoms with E-state index in [0.29, 0.717) is 44.7 Å². The number of benzene rings is 5. The van der Waals surface area contributed by atoms with Gasteiger partial charge in [0.1, 0.15) is 28.9 Å². The molecule has 13 nitrogen and oxygen atoms in total. The van der Waals surface area contributed by atoms with Crippen LogP contribution >= 0.6 is 0 Å². The van der Waals surface area contributed by atoms with Gasteiger partial charge in [-0.15, -0.1) is 0 Å². The first-order valence-corrected chi connectivity index (χ1v) is 25.1. The van der Waals surface area contributed by atoms with Crippen molar-refractivity contribution in [2.75, 3.05) is 53.5 Å². The number of nitrogens with zero attached hydrogens (tertiary/aromatic N) is 4. The third-order valence-electron chi connectivity index (χ3n) is 12.4. The molecule has 7 rings (SSSR count). The van der Waals surface area contributed by atoms with Crippen LogP contribution in [0.4, 0.5) is 24.1 Å². The van der Waals surface area contributed by atoms with Crippen LogP contribution in [0.1, 0.15) is 82.1 Å². The largest absolute Gasteiger partial charge is 0.493 e. The summed E-state index contributed by atoms with van der Waals surface area (Å²) in [5.74, 6) is 3.25. The minimum atomic E-state index is -0.631. The van der Waals surface area contributed by atoms with Gasteiger partial charge in [-0.2, -0.15) is 0 Å². The van der Waals surface area contributed by atoms with E-state index in [1.54, 1.807) is 24.3 Å². The average molecular weight is 1130 g/mol. The Morgan fingerprint density at radius 1 is 0.635 bits per heavy atom. The number of nitro benzene ring substituents is 1. The summed E-state index contributed by atoms with van der Waals surface area (Å²) in [7, 11) is 4.30. The van der Waals surface area contributed by atoms with Crippen molar-refractivity contribution in [3.8, 4) is 17.2 Å². The van der Waals surface area contributed by atoms with Crippen LogP contribution in [0.2, 0.25) is 0 Å². The smallest absolute Gasteiger partial charge is 0.412 e. The van der Waals surface area contributed by atoms with Gasteiger partial charge in [-0.05, 0) is 179 Å². The minimum Gasteiger partial charge on any atom is -0.493 e. The number of hydrogen-bond acceptors (Lipinski definition) is 9. The molecule has 3 amide bonds. The topological polar surface area (TPSA) is 139 Å². The van der Waals surface area contributed by atoms with Gasteiger partial charge in [0.25, 0.3) is 5.69 Å². The third kappa shape index (κ3) is 24.2. The van der Waals surface area contributed by atoms with Crippen LogP contribution in [0, 0.1) is 39.5 Å². The molecule has 396 valence electrons. The van der Waals surface area contributed by atoms with Crippen LogP contribution in [0.15, 0.2) is 121 Å². The molecule has 0 atom stereocenters. The van der Waals surface area contributed by atoms with E-state index in [-0.39, 0.29) is 86.4 Å². The van der Waals surface area contributed by atoms with E-state index in [1.807, 2.05) is 65.6 Å². The van der Waals surface area contributed by atoms with Gasteiger partial charge in [-0.3, -0.25) is 10.1 Å². The molecule has 0 bridgehead atoms. The molecule has 2 aliphatic heterocycles. The van der Waals surface area contributed by atoms with Gasteiger partial charge < -0.3 is 39.5 Å². The van der Waals surface area contributed by atoms with Crippen molar-refractivity contribution in [3.63, 3.8) is 0 Å². The summed E-state index contributed by atoms with van der Waals surface area (Å²) in [6, 6.07) is 34.0. The zero-order valence-corrected chi connectivity index (χ0v) is 48.1. The van der Waals surface area contributed by atoms with Gasteiger partial charge in [0, 0.05) is 89.1 Å². The minimum absolute atomic E-state index is 0. The SMILES string of the molecule is CC(C)COc1ccc(CNC(=O)N(Cc2ccc(F)cc2)C2CCN(C)CC2)cc1.CC(C)COc1ccc(CNC(=O)Oc2ccc([N+](=O)[O-])cc2)cc1.CN1CCC(CCc2ccc(F)cc2)CC1.[V].[Y]. The molecule has 2 aliphatic rings. The summed E-state index contributed by atoms with van der Waals surface area (Å²) in [6.45, 7) is 15.4. The van der Waals surface area contributed by atoms with Gasteiger partial charge >= 0.3 is 12.1 Å². The molecule has 2 radical (unpaired) electrons. The van der Waals surface area contributed by atoms with E-state index < -0.39 is 11.0 Å². The van der Waals surface area contributed by atoms with E-state index >= 15 is 0 Å². The van der Waals surface area contributed by atoms with Crippen molar-refractivity contribution < 1.29 is 88.8 Å². The quantitative estimate of drug-likeness (QED) is 0.0648. The summed E-state index contributed by atoms with van der Waals surface area (Å²) in [5, 5.41) is 16.3. The van der Waals surface area contributed by atoms with Crippen molar-refractivity contribution in [2.24, 2.45) is 17.8 Å². The summed E-state index contributed by atoms with van der Waals surface area (Å²) in [5.41, 5.74) is 4.06. The molecule has 2 N–H and O–H groups in total. The molecule has 0 aromatic heterocycles.